The van der Waals surface area contributed by atoms with Crippen LogP contribution in [0.1, 0.15) is 17.5 Å². The second kappa shape index (κ2) is 6.85. The predicted octanol–water partition coefficient (Wildman–Crippen LogP) is 3.73. The van der Waals surface area contributed by atoms with Gasteiger partial charge in [0.1, 0.15) is 4.21 Å². The Balaban J connectivity index is 1.84. The van der Waals surface area contributed by atoms with Gasteiger partial charge in [0, 0.05) is 6.54 Å². The Labute approximate surface area is 132 Å². The molecular weight excluding hydrogens is 358 g/mol. The fourth-order valence-electron chi connectivity index (χ4n) is 1.88. The van der Waals surface area contributed by atoms with E-state index in [9.17, 15) is 8.42 Å². The fourth-order valence-corrected chi connectivity index (χ4v) is 5.01. The third-order valence-corrected chi connectivity index (χ3v) is 6.41. The van der Waals surface area contributed by atoms with Gasteiger partial charge < -0.3 is 0 Å². The Morgan fingerprint density at radius 2 is 2.05 bits per heavy atom. The number of hydrogen-bond acceptors (Lipinski definition) is 3. The number of hydrogen-bond donors (Lipinski definition) is 1. The van der Waals surface area contributed by atoms with Gasteiger partial charge in [-0.2, -0.15) is 0 Å². The summed E-state index contributed by atoms with van der Waals surface area (Å²) < 4.78 is 27.8. The van der Waals surface area contributed by atoms with Gasteiger partial charge in [0.15, 0.2) is 0 Å². The molecule has 0 fully saturated rings. The van der Waals surface area contributed by atoms with Gasteiger partial charge >= 0.3 is 0 Å². The first-order valence-corrected chi connectivity index (χ1v) is 9.37. The zero-order valence-corrected chi connectivity index (χ0v) is 14.3. The lowest BCUT2D eigenvalue weighted by Crippen LogP contribution is -2.24. The molecule has 3 nitrogen and oxygen atoms in total. The van der Waals surface area contributed by atoms with Gasteiger partial charge in [-0.05, 0) is 53.4 Å². The monoisotopic (exact) mass is 373 g/mol. The van der Waals surface area contributed by atoms with Gasteiger partial charge in [0.05, 0.1) is 3.79 Å². The van der Waals surface area contributed by atoms with Crippen molar-refractivity contribution >= 4 is 37.3 Å². The number of aryl methyl sites for hydroxylation is 2. The van der Waals surface area contributed by atoms with Crippen LogP contribution in [0.15, 0.2) is 44.4 Å². The molecule has 2 aromatic rings. The Bertz CT molecular complexity index is 680. The smallest absolute Gasteiger partial charge is 0.210 e. The average Bonchev–Trinajstić information content (AvgIpc) is 2.82. The van der Waals surface area contributed by atoms with Gasteiger partial charge in [-0.3, -0.25) is 0 Å². The molecule has 1 heterocycles. The number of rotatable bonds is 6. The van der Waals surface area contributed by atoms with Gasteiger partial charge in [-0.25, -0.2) is 13.1 Å². The zero-order valence-electron chi connectivity index (χ0n) is 11.1. The lowest BCUT2D eigenvalue weighted by Gasteiger charge is -2.05. The maximum Gasteiger partial charge on any atom is 0.250 e. The third kappa shape index (κ3) is 4.41. The number of halogens is 1. The molecule has 0 aliphatic rings. The van der Waals surface area contributed by atoms with E-state index >= 15 is 0 Å². The molecule has 0 atom stereocenters. The highest BCUT2D eigenvalue weighted by atomic mass is 79.9. The van der Waals surface area contributed by atoms with Crippen LogP contribution in [0, 0.1) is 6.92 Å². The average molecular weight is 374 g/mol. The van der Waals surface area contributed by atoms with Crippen LogP contribution in [0.25, 0.3) is 0 Å². The molecule has 0 bridgehead atoms. The number of nitrogens with one attached hydrogen (secondary N) is 1. The highest BCUT2D eigenvalue weighted by Gasteiger charge is 2.15. The minimum atomic E-state index is -3.36. The molecule has 20 heavy (non-hydrogen) atoms. The summed E-state index contributed by atoms with van der Waals surface area (Å²) in [5, 5.41) is 0. The summed E-state index contributed by atoms with van der Waals surface area (Å²) in [6, 6.07) is 11.6. The summed E-state index contributed by atoms with van der Waals surface area (Å²) in [6.45, 7) is 2.51. The van der Waals surface area contributed by atoms with Gasteiger partial charge in [0.25, 0.3) is 0 Å². The van der Waals surface area contributed by atoms with Crippen molar-refractivity contribution in [1.29, 1.82) is 0 Å². The van der Waals surface area contributed by atoms with Crippen molar-refractivity contribution in [3.05, 3.63) is 51.3 Å². The Hall–Kier alpha value is -0.690. The van der Waals surface area contributed by atoms with Crippen LogP contribution in [-0.4, -0.2) is 15.0 Å². The summed E-state index contributed by atoms with van der Waals surface area (Å²) in [5.74, 6) is 0. The molecule has 0 spiro atoms. The summed E-state index contributed by atoms with van der Waals surface area (Å²) in [6.07, 6.45) is 1.66. The normalized spacial score (nSPS) is 11.7. The van der Waals surface area contributed by atoms with Gasteiger partial charge in [-0.15, -0.1) is 11.3 Å². The fraction of sp³-hybridized carbons (Fsp3) is 0.286. The first-order valence-electron chi connectivity index (χ1n) is 6.28. The Kier molecular flexibility index (Phi) is 5.37. The van der Waals surface area contributed by atoms with E-state index in [1.165, 1.54) is 22.5 Å². The van der Waals surface area contributed by atoms with E-state index in [-0.39, 0.29) is 0 Å². The highest BCUT2D eigenvalue weighted by molar-refractivity contribution is 9.11. The summed E-state index contributed by atoms with van der Waals surface area (Å²) in [5.41, 5.74) is 2.47. The van der Waals surface area contributed by atoms with Crippen LogP contribution in [0.5, 0.6) is 0 Å². The van der Waals surface area contributed by atoms with Gasteiger partial charge in [0.2, 0.25) is 10.0 Å². The second-order valence-electron chi connectivity index (χ2n) is 4.55. The maximum absolute atomic E-state index is 12.0. The van der Waals surface area contributed by atoms with Crippen molar-refractivity contribution in [3.8, 4) is 0 Å². The van der Waals surface area contributed by atoms with Crippen LogP contribution >= 0.6 is 27.3 Å². The first kappa shape index (κ1) is 15.7. The summed E-state index contributed by atoms with van der Waals surface area (Å²) >= 11 is 4.49. The maximum atomic E-state index is 12.0. The predicted molar refractivity (Wildman–Crippen MR) is 86.7 cm³/mol. The molecule has 1 N–H and O–H groups in total. The summed E-state index contributed by atoms with van der Waals surface area (Å²) in [4.78, 5) is 0. The van der Waals surface area contributed by atoms with E-state index < -0.39 is 10.0 Å². The van der Waals surface area contributed by atoms with Gasteiger partial charge in [-0.1, -0.05) is 29.8 Å². The van der Waals surface area contributed by atoms with Crippen LogP contribution in [0.3, 0.4) is 0 Å². The third-order valence-electron chi connectivity index (χ3n) is 2.83. The van der Waals surface area contributed by atoms with E-state index in [0.717, 1.165) is 16.6 Å². The van der Waals surface area contributed by atoms with Crippen LogP contribution in [-0.2, 0) is 16.4 Å². The highest BCUT2D eigenvalue weighted by Crippen LogP contribution is 2.25. The standard InChI is InChI=1S/C14H16BrNO2S2/c1-11-4-2-5-12(10-11)6-3-9-16-20(17,18)14-8-7-13(15)19-14/h2,4-5,7-8,10,16H,3,6,9H2,1H3. The van der Waals surface area contributed by atoms with E-state index in [1.807, 2.05) is 6.07 Å². The molecule has 0 radical (unpaired) electrons. The minimum absolute atomic E-state index is 0.347. The minimum Gasteiger partial charge on any atom is -0.210 e. The lowest BCUT2D eigenvalue weighted by molar-refractivity contribution is 0.581. The molecular formula is C14H16BrNO2S2. The van der Waals surface area contributed by atoms with Crippen molar-refractivity contribution < 1.29 is 8.42 Å². The van der Waals surface area contributed by atoms with Crippen molar-refractivity contribution in [2.24, 2.45) is 0 Å². The molecule has 0 unspecified atom stereocenters. The van der Waals surface area contributed by atoms with Crippen LogP contribution < -0.4 is 4.72 Å². The van der Waals surface area contributed by atoms with Crippen molar-refractivity contribution in [2.75, 3.05) is 6.54 Å². The molecule has 6 heteroatoms. The molecule has 0 saturated heterocycles. The zero-order chi connectivity index (χ0) is 14.6. The molecule has 0 amide bonds. The Morgan fingerprint density at radius 1 is 1.25 bits per heavy atom. The molecule has 0 aliphatic heterocycles. The number of sulfonamides is 1. The molecule has 108 valence electrons. The van der Waals surface area contributed by atoms with E-state index in [4.69, 9.17) is 0 Å². The number of benzene rings is 1. The van der Waals surface area contributed by atoms with Crippen molar-refractivity contribution in [3.63, 3.8) is 0 Å². The Morgan fingerprint density at radius 3 is 2.70 bits per heavy atom. The molecule has 0 saturated carbocycles. The van der Waals surface area contributed by atoms with E-state index in [1.54, 1.807) is 12.1 Å². The van der Waals surface area contributed by atoms with Crippen molar-refractivity contribution in [1.82, 2.24) is 4.72 Å². The molecule has 1 aromatic carbocycles. The second-order valence-corrected chi connectivity index (χ2v) is 9.01. The molecule has 2 rings (SSSR count). The number of thiophene rings is 1. The molecule has 0 aliphatic carbocycles. The van der Waals surface area contributed by atoms with E-state index in [2.05, 4.69) is 45.8 Å². The van der Waals surface area contributed by atoms with Crippen LogP contribution in [0.4, 0.5) is 0 Å². The van der Waals surface area contributed by atoms with Crippen LogP contribution in [0.2, 0.25) is 0 Å². The SMILES string of the molecule is Cc1cccc(CCCNS(=O)(=O)c2ccc(Br)s2)c1. The largest absolute Gasteiger partial charge is 0.250 e. The first-order chi connectivity index (χ1) is 9.47. The topological polar surface area (TPSA) is 46.2 Å². The quantitative estimate of drug-likeness (QED) is 0.784. The molecule has 1 aromatic heterocycles. The van der Waals surface area contributed by atoms with E-state index in [0.29, 0.717) is 10.8 Å². The summed E-state index contributed by atoms with van der Waals surface area (Å²) in [7, 11) is -3.36. The lowest BCUT2D eigenvalue weighted by atomic mass is 10.1. The van der Waals surface area contributed by atoms with Crippen molar-refractivity contribution in [2.45, 2.75) is 24.0 Å².